The molecule has 2 nitrogen and oxygen atoms in total. The fraction of sp³-hybridized carbons (Fsp3) is 0.444. The number of para-hydroxylation sites is 2. The van der Waals surface area contributed by atoms with Gasteiger partial charge in [0.15, 0.2) is 0 Å². The van der Waals surface area contributed by atoms with Crippen LogP contribution in [0.15, 0.2) is 48.8 Å². The van der Waals surface area contributed by atoms with E-state index >= 15 is 0 Å². The van der Waals surface area contributed by atoms with Gasteiger partial charge in [-0.2, -0.15) is 0 Å². The molecule has 3 rings (SSSR count). The van der Waals surface area contributed by atoms with Gasteiger partial charge in [0, 0.05) is 0 Å². The summed E-state index contributed by atoms with van der Waals surface area (Å²) in [5.41, 5.74) is 8.32. The molecule has 0 unspecified atom stereocenters. The summed E-state index contributed by atoms with van der Waals surface area (Å²) in [6.07, 6.45) is 4.49. The molecule has 1 heterocycles. The number of hydrogen-bond donors (Lipinski definition) is 0. The Bertz CT molecular complexity index is 944. The number of benzene rings is 2. The molecule has 30 heavy (non-hydrogen) atoms. The van der Waals surface area contributed by atoms with Crippen molar-refractivity contribution in [2.45, 2.75) is 79.1 Å². The first kappa shape index (κ1) is 23.0. The molecule has 0 fully saturated rings. The molecule has 0 amide bonds. The van der Waals surface area contributed by atoms with Crippen LogP contribution in [0.4, 0.5) is 0 Å². The molecule has 0 aliphatic carbocycles. The number of imidazole rings is 1. The van der Waals surface area contributed by atoms with E-state index in [0.717, 1.165) is 0 Å². The van der Waals surface area contributed by atoms with Crippen LogP contribution < -0.4 is 0 Å². The minimum absolute atomic E-state index is 0.472. The van der Waals surface area contributed by atoms with Gasteiger partial charge in [0.05, 0.1) is 0 Å². The predicted molar refractivity (Wildman–Crippen MR) is 125 cm³/mol. The van der Waals surface area contributed by atoms with Crippen LogP contribution in [0.1, 0.15) is 101 Å². The van der Waals surface area contributed by atoms with E-state index in [4.69, 9.17) is 0 Å². The van der Waals surface area contributed by atoms with Gasteiger partial charge in [-0.1, -0.05) is 0 Å². The first-order valence-corrected chi connectivity index (χ1v) is 12.3. The van der Waals surface area contributed by atoms with Crippen molar-refractivity contribution in [1.29, 1.82) is 0 Å². The molecule has 0 aliphatic rings. The molecule has 0 N–H and O–H groups in total. The zero-order chi connectivity index (χ0) is 22.2. The summed E-state index contributed by atoms with van der Waals surface area (Å²) in [4.78, 5) is 0. The molecule has 0 bridgehead atoms. The zero-order valence-corrected chi connectivity index (χ0v) is 21.9. The summed E-state index contributed by atoms with van der Waals surface area (Å²) >= 11 is 2.51. The molecule has 0 saturated carbocycles. The Labute approximate surface area is 193 Å². The molecule has 0 spiro atoms. The van der Waals surface area contributed by atoms with Gasteiger partial charge < -0.3 is 0 Å². The van der Waals surface area contributed by atoms with Crippen molar-refractivity contribution in [3.05, 3.63) is 74.9 Å². The van der Waals surface area contributed by atoms with Gasteiger partial charge in [0.2, 0.25) is 0 Å². The van der Waals surface area contributed by atoms with E-state index in [1.807, 2.05) is 0 Å². The van der Waals surface area contributed by atoms with Gasteiger partial charge in [0.1, 0.15) is 0 Å². The van der Waals surface area contributed by atoms with E-state index < -0.39 is 0 Å². The predicted octanol–water partition coefficient (Wildman–Crippen LogP) is 7.84. The van der Waals surface area contributed by atoms with Gasteiger partial charge in [-0.3, -0.25) is 0 Å². The van der Waals surface area contributed by atoms with Gasteiger partial charge >= 0.3 is 194 Å². The molecule has 2 aromatic carbocycles. The van der Waals surface area contributed by atoms with Crippen molar-refractivity contribution in [2.24, 2.45) is 0 Å². The molecule has 3 aromatic rings. The van der Waals surface area contributed by atoms with Crippen molar-refractivity contribution >= 4 is 0 Å². The third-order valence-electron chi connectivity index (χ3n) is 5.90. The molecule has 164 valence electrons. The average Bonchev–Trinajstić information content (AvgIpc) is 3.07. The van der Waals surface area contributed by atoms with Crippen molar-refractivity contribution in [3.63, 3.8) is 0 Å². The molecule has 0 radical (unpaired) electrons. The summed E-state index contributed by atoms with van der Waals surface area (Å²) in [5.74, 6) is 1.89. The van der Waals surface area contributed by atoms with Crippen LogP contribution in [-0.2, 0) is 19.4 Å². The van der Waals surface area contributed by atoms with E-state index in [9.17, 15) is 0 Å². The molecular weight excluding hydrogens is 547 g/mol. The molecular formula is C27H36N2Pt. The van der Waals surface area contributed by atoms with Crippen LogP contribution in [0.5, 0.6) is 0 Å². The van der Waals surface area contributed by atoms with Gasteiger partial charge in [-0.15, -0.1) is 0 Å². The topological polar surface area (TPSA) is 9.86 Å². The number of aromatic nitrogens is 2. The maximum absolute atomic E-state index is 2.51. The second-order valence-electron chi connectivity index (χ2n) is 9.47. The summed E-state index contributed by atoms with van der Waals surface area (Å²) in [6.45, 7) is 18.3. The minimum atomic E-state index is 0.472. The van der Waals surface area contributed by atoms with Crippen molar-refractivity contribution < 1.29 is 19.4 Å². The molecule has 0 saturated heterocycles. The van der Waals surface area contributed by atoms with Crippen molar-refractivity contribution in [1.82, 2.24) is 9.13 Å². The number of hydrogen-bond acceptors (Lipinski definition) is 0. The van der Waals surface area contributed by atoms with Crippen LogP contribution in [-0.4, -0.2) is 9.13 Å². The molecule has 3 heteroatoms. The first-order chi connectivity index (χ1) is 14.1. The normalized spacial score (nSPS) is 12.1. The second kappa shape index (κ2) is 9.23. The van der Waals surface area contributed by atoms with E-state index in [1.54, 1.807) is 0 Å². The molecule has 0 atom stereocenters. The van der Waals surface area contributed by atoms with Crippen LogP contribution >= 0.6 is 0 Å². The quantitative estimate of drug-likeness (QED) is 0.280. The summed E-state index contributed by atoms with van der Waals surface area (Å²) in [5, 5.41) is 0. The monoisotopic (exact) mass is 583 g/mol. The third kappa shape index (κ3) is 4.22. The van der Waals surface area contributed by atoms with Crippen LogP contribution in [0.2, 0.25) is 0 Å². The van der Waals surface area contributed by atoms with E-state index in [0.29, 0.717) is 23.7 Å². The van der Waals surface area contributed by atoms with Gasteiger partial charge in [0.25, 0.3) is 0 Å². The second-order valence-corrected chi connectivity index (χ2v) is 10.5. The Balaban J connectivity index is 2.33. The fourth-order valence-corrected chi connectivity index (χ4v) is 5.11. The Hall–Kier alpha value is -1.66. The number of rotatable bonds is 6. The van der Waals surface area contributed by atoms with E-state index in [1.165, 1.54) is 37.4 Å². The fourth-order valence-electron chi connectivity index (χ4n) is 4.26. The van der Waals surface area contributed by atoms with Crippen molar-refractivity contribution in [3.8, 4) is 11.4 Å². The zero-order valence-electron chi connectivity index (χ0n) is 19.6. The third-order valence-corrected chi connectivity index (χ3v) is 6.99. The van der Waals surface area contributed by atoms with Gasteiger partial charge in [-0.25, -0.2) is 0 Å². The van der Waals surface area contributed by atoms with E-state index in [2.05, 4.69) is 133 Å². The summed E-state index contributed by atoms with van der Waals surface area (Å²) < 4.78 is 6.01. The Morgan fingerprint density at radius 3 is 1.03 bits per heavy atom. The summed E-state index contributed by atoms with van der Waals surface area (Å²) in [7, 11) is 0. The Kier molecular flexibility index (Phi) is 7.08. The van der Waals surface area contributed by atoms with E-state index in [-0.39, 0.29) is 0 Å². The standard InChI is InChI=1S/C27H36N2.Pt/c1-18(2)22-11-9-12-23(19(3)4)26(22)28-15-16-29(17-28)27-24(20(5)6)13-10-14-25(27)21(7)8;/h9-16,18-21H,1-8H3;. The van der Waals surface area contributed by atoms with Crippen molar-refractivity contribution in [2.75, 3.05) is 0 Å². The Morgan fingerprint density at radius 1 is 0.533 bits per heavy atom. The molecule has 1 aromatic heterocycles. The SMILES string of the molecule is CC(C)c1cccc(C(C)C)c1-n1ccn(-c2c(C(C)C)cccc2C(C)C)[c]1=[Pt]. The van der Waals surface area contributed by atoms with Crippen LogP contribution in [0, 0.1) is 3.80 Å². The molecule has 0 aliphatic heterocycles. The Morgan fingerprint density at radius 2 is 0.800 bits per heavy atom. The number of nitrogens with zero attached hydrogens (tertiary/aromatic N) is 2. The van der Waals surface area contributed by atoms with Crippen LogP contribution in [0.3, 0.4) is 0 Å². The van der Waals surface area contributed by atoms with Crippen LogP contribution in [0.25, 0.3) is 11.4 Å². The first-order valence-electron chi connectivity index (χ1n) is 11.2. The maximum atomic E-state index is 2.51. The average molecular weight is 584 g/mol. The van der Waals surface area contributed by atoms with Gasteiger partial charge in [-0.05, 0) is 0 Å². The summed E-state index contributed by atoms with van der Waals surface area (Å²) in [6, 6.07) is 13.6.